The zero-order valence-corrected chi connectivity index (χ0v) is 13.6. The van der Waals surface area contributed by atoms with Gasteiger partial charge in [-0.3, -0.25) is 9.59 Å². The van der Waals surface area contributed by atoms with E-state index in [9.17, 15) is 9.59 Å². The standard InChI is InChI=1S/C15H15N3O2S2/c1-17-7-8-22-15(17)16-13(19)12-9-21-10-18(12)14(20)11-5-3-2-4-6-11/h2-8,12H,9-10H2,1H3/t12-/m1/s1. The highest BCUT2D eigenvalue weighted by molar-refractivity contribution is 7.99. The Morgan fingerprint density at radius 3 is 2.73 bits per heavy atom. The van der Waals surface area contributed by atoms with Crippen molar-refractivity contribution in [3.8, 4) is 0 Å². The fourth-order valence-corrected chi connectivity index (χ4v) is 4.08. The normalized spacial score (nSPS) is 18.7. The smallest absolute Gasteiger partial charge is 0.272 e. The highest BCUT2D eigenvalue weighted by Crippen LogP contribution is 2.24. The number of benzene rings is 1. The van der Waals surface area contributed by atoms with Gasteiger partial charge < -0.3 is 9.47 Å². The number of rotatable bonds is 2. The number of aryl methyl sites for hydroxylation is 1. The van der Waals surface area contributed by atoms with Crippen LogP contribution in [0.2, 0.25) is 0 Å². The van der Waals surface area contributed by atoms with Gasteiger partial charge in [-0.15, -0.1) is 23.1 Å². The van der Waals surface area contributed by atoms with E-state index < -0.39 is 6.04 Å². The van der Waals surface area contributed by atoms with Crippen LogP contribution in [0.15, 0.2) is 46.9 Å². The van der Waals surface area contributed by atoms with E-state index in [4.69, 9.17) is 0 Å². The fraction of sp³-hybridized carbons (Fsp3) is 0.267. The van der Waals surface area contributed by atoms with E-state index in [-0.39, 0.29) is 11.8 Å². The van der Waals surface area contributed by atoms with Gasteiger partial charge in [0, 0.05) is 29.9 Å². The monoisotopic (exact) mass is 333 g/mol. The number of hydrogen-bond donors (Lipinski definition) is 0. The molecule has 0 aliphatic carbocycles. The first-order valence-corrected chi connectivity index (χ1v) is 8.82. The number of carbonyl (C=O) groups excluding carboxylic acids is 2. The summed E-state index contributed by atoms with van der Waals surface area (Å²) in [6.07, 6.45) is 1.85. The van der Waals surface area contributed by atoms with Crippen LogP contribution in [-0.4, -0.2) is 39.0 Å². The lowest BCUT2D eigenvalue weighted by molar-refractivity contribution is -0.121. The van der Waals surface area contributed by atoms with Crippen LogP contribution < -0.4 is 4.80 Å². The second-order valence-electron chi connectivity index (χ2n) is 4.90. The molecule has 0 N–H and O–H groups in total. The van der Waals surface area contributed by atoms with Gasteiger partial charge in [-0.25, -0.2) is 0 Å². The van der Waals surface area contributed by atoms with Crippen molar-refractivity contribution in [1.29, 1.82) is 0 Å². The molecule has 2 amide bonds. The van der Waals surface area contributed by atoms with Crippen LogP contribution in [0.1, 0.15) is 10.4 Å². The summed E-state index contributed by atoms with van der Waals surface area (Å²) in [5.74, 6) is 0.744. The third-order valence-electron chi connectivity index (χ3n) is 3.41. The Labute approximate surface area is 136 Å². The average molecular weight is 333 g/mol. The summed E-state index contributed by atoms with van der Waals surface area (Å²) in [6.45, 7) is 0. The molecule has 5 nitrogen and oxygen atoms in total. The molecule has 1 aromatic carbocycles. The van der Waals surface area contributed by atoms with Crippen molar-refractivity contribution in [3.63, 3.8) is 0 Å². The molecule has 1 aliphatic rings. The first kappa shape index (κ1) is 15.1. The van der Waals surface area contributed by atoms with Gasteiger partial charge in [0.25, 0.3) is 11.8 Å². The minimum atomic E-state index is -0.486. The summed E-state index contributed by atoms with van der Waals surface area (Å²) >= 11 is 2.99. The van der Waals surface area contributed by atoms with Crippen LogP contribution in [0.4, 0.5) is 0 Å². The summed E-state index contributed by atoms with van der Waals surface area (Å²) in [7, 11) is 1.85. The minimum Gasteiger partial charge on any atom is -0.327 e. The van der Waals surface area contributed by atoms with Crippen molar-refractivity contribution in [2.75, 3.05) is 11.6 Å². The van der Waals surface area contributed by atoms with Gasteiger partial charge >= 0.3 is 0 Å². The van der Waals surface area contributed by atoms with E-state index in [2.05, 4.69) is 4.99 Å². The predicted octanol–water partition coefficient (Wildman–Crippen LogP) is 1.73. The molecule has 1 atom stereocenters. The van der Waals surface area contributed by atoms with E-state index in [0.29, 0.717) is 22.0 Å². The van der Waals surface area contributed by atoms with Gasteiger partial charge in [-0.2, -0.15) is 4.99 Å². The average Bonchev–Trinajstić information content (AvgIpc) is 3.17. The Morgan fingerprint density at radius 1 is 1.27 bits per heavy atom. The second kappa shape index (κ2) is 6.50. The zero-order valence-electron chi connectivity index (χ0n) is 12.0. The lowest BCUT2D eigenvalue weighted by atomic mass is 10.2. The Hall–Kier alpha value is -1.86. The predicted molar refractivity (Wildman–Crippen MR) is 87.6 cm³/mol. The molecule has 1 fully saturated rings. The minimum absolute atomic E-state index is 0.116. The highest BCUT2D eigenvalue weighted by atomic mass is 32.2. The van der Waals surface area contributed by atoms with Crippen molar-refractivity contribution in [2.45, 2.75) is 6.04 Å². The van der Waals surface area contributed by atoms with Crippen LogP contribution in [0.3, 0.4) is 0 Å². The largest absolute Gasteiger partial charge is 0.327 e. The molecule has 22 heavy (non-hydrogen) atoms. The van der Waals surface area contributed by atoms with Crippen molar-refractivity contribution in [3.05, 3.63) is 52.3 Å². The first-order chi connectivity index (χ1) is 10.7. The number of thiazole rings is 1. The molecule has 3 rings (SSSR count). The summed E-state index contributed by atoms with van der Waals surface area (Å²) in [5.41, 5.74) is 0.601. The maximum atomic E-state index is 12.5. The Bertz CT molecular complexity index is 751. The number of carbonyl (C=O) groups is 2. The molecule has 2 aromatic rings. The number of aromatic nitrogens is 1. The van der Waals surface area contributed by atoms with Crippen LogP contribution in [0.25, 0.3) is 0 Å². The van der Waals surface area contributed by atoms with E-state index in [1.165, 1.54) is 11.3 Å². The molecule has 1 aliphatic heterocycles. The molecular formula is C15H15N3O2S2. The molecule has 2 heterocycles. The van der Waals surface area contributed by atoms with Gasteiger partial charge in [0.05, 0.1) is 5.88 Å². The van der Waals surface area contributed by atoms with E-state index in [1.54, 1.807) is 33.4 Å². The van der Waals surface area contributed by atoms with Crippen molar-refractivity contribution >= 4 is 34.9 Å². The SMILES string of the molecule is Cn1ccsc1=NC(=O)[C@H]1CSCN1C(=O)c1ccccc1. The molecule has 114 valence electrons. The number of amides is 2. The number of hydrogen-bond acceptors (Lipinski definition) is 4. The van der Waals surface area contributed by atoms with Gasteiger partial charge in [0.15, 0.2) is 4.80 Å². The van der Waals surface area contributed by atoms with E-state index >= 15 is 0 Å². The van der Waals surface area contributed by atoms with Crippen molar-refractivity contribution in [2.24, 2.45) is 12.0 Å². The third kappa shape index (κ3) is 3.00. The Kier molecular flexibility index (Phi) is 4.44. The Morgan fingerprint density at radius 2 is 2.05 bits per heavy atom. The Balaban J connectivity index is 1.83. The molecule has 1 aromatic heterocycles. The quantitative estimate of drug-likeness (QED) is 0.841. The van der Waals surface area contributed by atoms with E-state index in [1.807, 2.05) is 36.8 Å². The van der Waals surface area contributed by atoms with Crippen LogP contribution in [0, 0.1) is 0 Å². The lowest BCUT2D eigenvalue weighted by Crippen LogP contribution is -2.41. The van der Waals surface area contributed by atoms with Crippen LogP contribution in [-0.2, 0) is 11.8 Å². The molecule has 0 saturated carbocycles. The van der Waals surface area contributed by atoms with Crippen LogP contribution in [0.5, 0.6) is 0 Å². The van der Waals surface area contributed by atoms with Gasteiger partial charge in [-0.05, 0) is 12.1 Å². The highest BCUT2D eigenvalue weighted by Gasteiger charge is 2.35. The maximum absolute atomic E-state index is 12.5. The van der Waals surface area contributed by atoms with E-state index in [0.717, 1.165) is 0 Å². The molecule has 7 heteroatoms. The molecule has 0 bridgehead atoms. The summed E-state index contributed by atoms with van der Waals surface area (Å²) in [5, 5.41) is 1.88. The fourth-order valence-electron chi connectivity index (χ4n) is 2.20. The molecule has 0 unspecified atom stereocenters. The van der Waals surface area contributed by atoms with Crippen molar-refractivity contribution < 1.29 is 9.59 Å². The molecule has 0 radical (unpaired) electrons. The van der Waals surface area contributed by atoms with Crippen LogP contribution >= 0.6 is 23.1 Å². The maximum Gasteiger partial charge on any atom is 0.272 e. The van der Waals surface area contributed by atoms with Gasteiger partial charge in [0.2, 0.25) is 0 Å². The second-order valence-corrected chi connectivity index (χ2v) is 6.78. The number of nitrogens with zero attached hydrogens (tertiary/aromatic N) is 3. The number of thioether (sulfide) groups is 1. The first-order valence-electron chi connectivity index (χ1n) is 6.79. The van der Waals surface area contributed by atoms with Gasteiger partial charge in [0.1, 0.15) is 6.04 Å². The summed E-state index contributed by atoms with van der Waals surface area (Å²) < 4.78 is 1.80. The third-order valence-corrected chi connectivity index (χ3v) is 5.27. The lowest BCUT2D eigenvalue weighted by Gasteiger charge is -2.21. The molecule has 1 saturated heterocycles. The van der Waals surface area contributed by atoms with Crippen molar-refractivity contribution in [1.82, 2.24) is 9.47 Å². The molecular weight excluding hydrogens is 318 g/mol. The van der Waals surface area contributed by atoms with Gasteiger partial charge in [-0.1, -0.05) is 18.2 Å². The molecule has 0 spiro atoms. The zero-order chi connectivity index (χ0) is 15.5. The topological polar surface area (TPSA) is 54.7 Å². The summed E-state index contributed by atoms with van der Waals surface area (Å²) in [4.78, 5) is 31.4. The summed E-state index contributed by atoms with van der Waals surface area (Å²) in [6, 6.07) is 8.56.